The molecule has 1 amide bonds. The van der Waals surface area contributed by atoms with Crippen molar-refractivity contribution < 1.29 is 4.79 Å². The summed E-state index contributed by atoms with van der Waals surface area (Å²) in [6.07, 6.45) is 1.56. The summed E-state index contributed by atoms with van der Waals surface area (Å²) in [7, 11) is 0. The van der Waals surface area contributed by atoms with Gasteiger partial charge in [-0.15, -0.1) is 0 Å². The van der Waals surface area contributed by atoms with Crippen molar-refractivity contribution in [1.29, 1.82) is 0 Å². The molecule has 4 nitrogen and oxygen atoms in total. The molecule has 0 aliphatic carbocycles. The molecule has 0 bridgehead atoms. The van der Waals surface area contributed by atoms with Crippen LogP contribution in [0.15, 0.2) is 27.5 Å². The van der Waals surface area contributed by atoms with Gasteiger partial charge < -0.3 is 11.1 Å². The second-order valence-corrected chi connectivity index (χ2v) is 5.51. The van der Waals surface area contributed by atoms with E-state index in [0.717, 1.165) is 10.0 Å². The second-order valence-electron chi connectivity index (χ2n) is 3.85. The molecule has 0 spiro atoms. The van der Waals surface area contributed by atoms with Gasteiger partial charge in [0.2, 0.25) is 0 Å². The number of halogens is 1. The van der Waals surface area contributed by atoms with Crippen LogP contribution >= 0.6 is 27.3 Å². The molecular formula is C12H12BrN3OS. The van der Waals surface area contributed by atoms with E-state index < -0.39 is 0 Å². The SMILES string of the molecule is Cc1cscc1CNC(=O)c1cc(Br)cnc1N. The Labute approximate surface area is 117 Å². The fraction of sp³-hybridized carbons (Fsp3) is 0.167. The van der Waals surface area contributed by atoms with Crippen LogP contribution in [0.5, 0.6) is 0 Å². The van der Waals surface area contributed by atoms with E-state index in [4.69, 9.17) is 5.73 Å². The lowest BCUT2D eigenvalue weighted by atomic mass is 10.2. The van der Waals surface area contributed by atoms with Gasteiger partial charge in [-0.2, -0.15) is 11.3 Å². The highest BCUT2D eigenvalue weighted by atomic mass is 79.9. The first-order chi connectivity index (χ1) is 8.58. The van der Waals surface area contributed by atoms with Crippen LogP contribution in [0, 0.1) is 6.92 Å². The number of aryl methyl sites for hydroxylation is 1. The molecule has 6 heteroatoms. The molecule has 18 heavy (non-hydrogen) atoms. The van der Waals surface area contributed by atoms with E-state index in [1.807, 2.05) is 12.3 Å². The Kier molecular flexibility index (Phi) is 3.98. The van der Waals surface area contributed by atoms with Crippen molar-refractivity contribution >= 4 is 39.0 Å². The van der Waals surface area contributed by atoms with E-state index in [1.54, 1.807) is 23.6 Å². The maximum atomic E-state index is 12.0. The standard InChI is InChI=1S/C12H12BrN3OS/c1-7-5-18-6-8(7)3-16-12(17)10-2-9(13)4-15-11(10)14/h2,4-6H,3H2,1H3,(H2,14,15)(H,16,17). The minimum absolute atomic E-state index is 0.216. The molecule has 0 saturated heterocycles. The molecule has 3 N–H and O–H groups in total. The molecule has 2 aromatic rings. The predicted molar refractivity (Wildman–Crippen MR) is 76.6 cm³/mol. The van der Waals surface area contributed by atoms with Crippen LogP contribution in [0.1, 0.15) is 21.5 Å². The first-order valence-electron chi connectivity index (χ1n) is 5.29. The Morgan fingerprint density at radius 2 is 2.33 bits per heavy atom. The number of nitrogens with one attached hydrogen (secondary N) is 1. The Balaban J connectivity index is 2.08. The number of hydrogen-bond donors (Lipinski definition) is 2. The van der Waals surface area contributed by atoms with Gasteiger partial charge in [0.05, 0.1) is 5.56 Å². The Morgan fingerprint density at radius 3 is 3.00 bits per heavy atom. The summed E-state index contributed by atoms with van der Waals surface area (Å²) in [5, 5.41) is 6.92. The molecule has 2 aromatic heterocycles. The average Bonchev–Trinajstić information content (AvgIpc) is 2.75. The van der Waals surface area contributed by atoms with E-state index in [2.05, 4.69) is 31.6 Å². The average molecular weight is 326 g/mol. The van der Waals surface area contributed by atoms with Gasteiger partial charge in [0.15, 0.2) is 0 Å². The fourth-order valence-electron chi connectivity index (χ4n) is 1.47. The van der Waals surface area contributed by atoms with Crippen molar-refractivity contribution in [3.05, 3.63) is 44.2 Å². The third-order valence-electron chi connectivity index (χ3n) is 2.53. The van der Waals surface area contributed by atoms with Gasteiger partial charge in [-0.1, -0.05) is 0 Å². The number of rotatable bonds is 3. The van der Waals surface area contributed by atoms with Crippen molar-refractivity contribution in [3.8, 4) is 0 Å². The molecule has 0 fully saturated rings. The van der Waals surface area contributed by atoms with Crippen molar-refractivity contribution in [3.63, 3.8) is 0 Å². The molecule has 94 valence electrons. The lowest BCUT2D eigenvalue weighted by molar-refractivity contribution is 0.0951. The van der Waals surface area contributed by atoms with Gasteiger partial charge in [-0.05, 0) is 50.8 Å². The summed E-state index contributed by atoms with van der Waals surface area (Å²) in [5.41, 5.74) is 8.37. The topological polar surface area (TPSA) is 68.0 Å². The Bertz CT molecular complexity index is 582. The zero-order chi connectivity index (χ0) is 13.1. The van der Waals surface area contributed by atoms with Gasteiger partial charge >= 0.3 is 0 Å². The number of nitrogen functional groups attached to an aromatic ring is 1. The molecule has 0 aromatic carbocycles. The van der Waals surface area contributed by atoms with Gasteiger partial charge in [0.1, 0.15) is 5.82 Å². The zero-order valence-corrected chi connectivity index (χ0v) is 12.1. The maximum Gasteiger partial charge on any atom is 0.255 e. The second kappa shape index (κ2) is 5.49. The van der Waals surface area contributed by atoms with Crippen molar-refractivity contribution in [1.82, 2.24) is 10.3 Å². The van der Waals surface area contributed by atoms with Crippen LogP contribution in [-0.2, 0) is 6.54 Å². The Hall–Kier alpha value is -1.40. The number of aromatic nitrogens is 1. The molecule has 0 aliphatic heterocycles. The molecule has 0 atom stereocenters. The van der Waals surface area contributed by atoms with Gasteiger partial charge in [-0.3, -0.25) is 4.79 Å². The maximum absolute atomic E-state index is 12.0. The number of nitrogens with two attached hydrogens (primary N) is 1. The highest BCUT2D eigenvalue weighted by molar-refractivity contribution is 9.10. The van der Waals surface area contributed by atoms with E-state index in [-0.39, 0.29) is 11.7 Å². The third kappa shape index (κ3) is 2.88. The normalized spacial score (nSPS) is 10.3. The number of pyridine rings is 1. The number of anilines is 1. The van der Waals surface area contributed by atoms with E-state index >= 15 is 0 Å². The Morgan fingerprint density at radius 1 is 1.56 bits per heavy atom. The highest BCUT2D eigenvalue weighted by Gasteiger charge is 2.11. The fourth-order valence-corrected chi connectivity index (χ4v) is 2.66. The lowest BCUT2D eigenvalue weighted by Gasteiger charge is -2.07. The first-order valence-corrected chi connectivity index (χ1v) is 7.02. The summed E-state index contributed by atoms with van der Waals surface area (Å²) in [5.74, 6) is 0.0182. The van der Waals surface area contributed by atoms with Gasteiger partial charge in [-0.25, -0.2) is 4.98 Å². The van der Waals surface area contributed by atoms with Crippen LogP contribution in [0.25, 0.3) is 0 Å². The predicted octanol–water partition coefficient (Wildman–Crippen LogP) is 2.73. The zero-order valence-electron chi connectivity index (χ0n) is 9.74. The summed E-state index contributed by atoms with van der Waals surface area (Å²) < 4.78 is 0.730. The smallest absolute Gasteiger partial charge is 0.255 e. The lowest BCUT2D eigenvalue weighted by Crippen LogP contribution is -2.24. The summed E-state index contributed by atoms with van der Waals surface area (Å²) in [4.78, 5) is 15.9. The van der Waals surface area contributed by atoms with Gasteiger partial charge in [0, 0.05) is 17.2 Å². The van der Waals surface area contributed by atoms with Crippen molar-refractivity contribution in [2.75, 3.05) is 5.73 Å². The third-order valence-corrected chi connectivity index (χ3v) is 3.87. The van der Waals surface area contributed by atoms with E-state index in [9.17, 15) is 4.79 Å². The minimum Gasteiger partial charge on any atom is -0.383 e. The summed E-state index contributed by atoms with van der Waals surface area (Å²) in [6, 6.07) is 1.66. The summed E-state index contributed by atoms with van der Waals surface area (Å²) >= 11 is 4.89. The van der Waals surface area contributed by atoms with Crippen LogP contribution in [0.3, 0.4) is 0 Å². The highest BCUT2D eigenvalue weighted by Crippen LogP contribution is 2.16. The van der Waals surface area contributed by atoms with Gasteiger partial charge in [0.25, 0.3) is 5.91 Å². The minimum atomic E-state index is -0.216. The van der Waals surface area contributed by atoms with E-state index in [0.29, 0.717) is 12.1 Å². The first kappa shape index (κ1) is 13.0. The van der Waals surface area contributed by atoms with Crippen LogP contribution in [-0.4, -0.2) is 10.9 Å². The molecule has 0 saturated carbocycles. The number of thiophene rings is 1. The molecule has 0 aliphatic rings. The van der Waals surface area contributed by atoms with Crippen molar-refractivity contribution in [2.24, 2.45) is 0 Å². The number of hydrogen-bond acceptors (Lipinski definition) is 4. The van der Waals surface area contributed by atoms with Crippen molar-refractivity contribution in [2.45, 2.75) is 13.5 Å². The largest absolute Gasteiger partial charge is 0.383 e. The summed E-state index contributed by atoms with van der Waals surface area (Å²) in [6.45, 7) is 2.52. The molecule has 2 heterocycles. The molecule has 0 unspecified atom stereocenters. The number of amides is 1. The van der Waals surface area contributed by atoms with Crippen LogP contribution in [0.2, 0.25) is 0 Å². The molecular weight excluding hydrogens is 314 g/mol. The molecule has 0 radical (unpaired) electrons. The quantitative estimate of drug-likeness (QED) is 0.911. The number of carbonyl (C=O) groups excluding carboxylic acids is 1. The van der Waals surface area contributed by atoms with Crippen LogP contribution < -0.4 is 11.1 Å². The molecule has 2 rings (SSSR count). The number of nitrogens with zero attached hydrogens (tertiary/aromatic N) is 1. The monoisotopic (exact) mass is 325 g/mol. The van der Waals surface area contributed by atoms with Crippen LogP contribution in [0.4, 0.5) is 5.82 Å². The van der Waals surface area contributed by atoms with E-state index in [1.165, 1.54) is 5.56 Å². The number of carbonyl (C=O) groups is 1.